The van der Waals surface area contributed by atoms with E-state index in [1.54, 1.807) is 26.2 Å². The van der Waals surface area contributed by atoms with Gasteiger partial charge in [-0.15, -0.1) is 0 Å². The minimum absolute atomic E-state index is 0.146. The van der Waals surface area contributed by atoms with Gasteiger partial charge in [0.15, 0.2) is 23.0 Å². The van der Waals surface area contributed by atoms with Crippen molar-refractivity contribution >= 4 is 16.9 Å². The number of aromatic nitrogens is 2. The van der Waals surface area contributed by atoms with E-state index in [0.29, 0.717) is 52.0 Å². The second-order valence-electron chi connectivity index (χ2n) is 7.90. The first-order valence-electron chi connectivity index (χ1n) is 10.7. The number of aromatic amines is 1. The van der Waals surface area contributed by atoms with Crippen LogP contribution in [0.4, 0.5) is 5.95 Å². The molecule has 0 spiro atoms. The average molecular weight is 474 g/mol. The molecule has 3 N–H and O–H groups in total. The van der Waals surface area contributed by atoms with Crippen molar-refractivity contribution in [2.75, 3.05) is 53.1 Å². The lowest BCUT2D eigenvalue weighted by atomic mass is 10.1. The van der Waals surface area contributed by atoms with Gasteiger partial charge in [0.2, 0.25) is 5.95 Å². The van der Waals surface area contributed by atoms with E-state index in [9.17, 15) is 15.0 Å². The Kier molecular flexibility index (Phi) is 8.19. The van der Waals surface area contributed by atoms with Gasteiger partial charge >= 0.3 is 0 Å². The Morgan fingerprint density at radius 1 is 1.03 bits per heavy atom. The fourth-order valence-electron chi connectivity index (χ4n) is 3.67. The SMILES string of the molecule is COc1ccc(CN(C)c2nc3cc(OC)c(OC)c(C)c3c(=O)[nH]2)cc1OCC(CO)CO. The molecule has 0 aliphatic heterocycles. The maximum Gasteiger partial charge on any atom is 0.260 e. The van der Waals surface area contributed by atoms with Crippen LogP contribution < -0.4 is 29.4 Å². The number of hydrogen-bond donors (Lipinski definition) is 3. The number of aryl methyl sites for hydroxylation is 1. The van der Waals surface area contributed by atoms with Gasteiger partial charge in [-0.05, 0) is 24.6 Å². The van der Waals surface area contributed by atoms with Crippen molar-refractivity contribution in [2.45, 2.75) is 13.5 Å². The number of rotatable bonds is 11. The van der Waals surface area contributed by atoms with Gasteiger partial charge in [-0.3, -0.25) is 9.78 Å². The molecule has 0 radical (unpaired) electrons. The summed E-state index contributed by atoms with van der Waals surface area (Å²) in [6.45, 7) is 2.00. The predicted octanol–water partition coefficient (Wildman–Crippen LogP) is 1.87. The zero-order chi connectivity index (χ0) is 24.8. The molecule has 34 heavy (non-hydrogen) atoms. The Labute approximate surface area is 197 Å². The van der Waals surface area contributed by atoms with Crippen LogP contribution in [0.5, 0.6) is 23.0 Å². The normalized spacial score (nSPS) is 11.1. The van der Waals surface area contributed by atoms with Crippen molar-refractivity contribution in [1.29, 1.82) is 0 Å². The van der Waals surface area contributed by atoms with Gasteiger partial charge < -0.3 is 34.1 Å². The largest absolute Gasteiger partial charge is 0.493 e. The molecule has 3 aromatic rings. The molecule has 1 aromatic heterocycles. The Hall–Kier alpha value is -3.50. The summed E-state index contributed by atoms with van der Waals surface area (Å²) in [5.74, 6) is 2.03. The van der Waals surface area contributed by atoms with Gasteiger partial charge in [0.1, 0.15) is 0 Å². The second kappa shape index (κ2) is 11.1. The highest BCUT2D eigenvalue weighted by Gasteiger charge is 2.18. The topological polar surface area (TPSA) is 126 Å². The van der Waals surface area contributed by atoms with E-state index >= 15 is 0 Å². The van der Waals surface area contributed by atoms with Gasteiger partial charge in [0.25, 0.3) is 5.56 Å². The van der Waals surface area contributed by atoms with Crippen molar-refractivity contribution in [3.8, 4) is 23.0 Å². The molecular weight excluding hydrogens is 442 g/mol. The summed E-state index contributed by atoms with van der Waals surface area (Å²) >= 11 is 0. The third kappa shape index (κ3) is 5.18. The van der Waals surface area contributed by atoms with Crippen LogP contribution in [0.3, 0.4) is 0 Å². The number of anilines is 1. The number of aliphatic hydroxyl groups is 2. The molecule has 10 nitrogen and oxygen atoms in total. The molecule has 1 heterocycles. The van der Waals surface area contributed by atoms with E-state index in [-0.39, 0.29) is 31.3 Å². The van der Waals surface area contributed by atoms with Crippen molar-refractivity contribution in [2.24, 2.45) is 5.92 Å². The molecule has 0 amide bonds. The Balaban J connectivity index is 1.90. The molecular formula is C24H31N3O7. The molecule has 0 saturated heterocycles. The highest BCUT2D eigenvalue weighted by atomic mass is 16.5. The van der Waals surface area contributed by atoms with E-state index < -0.39 is 0 Å². The van der Waals surface area contributed by atoms with Crippen molar-refractivity contribution < 1.29 is 29.2 Å². The van der Waals surface area contributed by atoms with E-state index in [1.807, 2.05) is 24.1 Å². The Morgan fingerprint density at radius 2 is 1.74 bits per heavy atom. The minimum atomic E-state index is -0.387. The Bertz CT molecular complexity index is 1190. The highest BCUT2D eigenvalue weighted by Crippen LogP contribution is 2.35. The molecule has 2 aromatic carbocycles. The maximum atomic E-state index is 12.9. The first-order valence-corrected chi connectivity index (χ1v) is 10.7. The van der Waals surface area contributed by atoms with Gasteiger partial charge in [-0.25, -0.2) is 4.98 Å². The van der Waals surface area contributed by atoms with Crippen LogP contribution in [-0.4, -0.2) is 68.4 Å². The van der Waals surface area contributed by atoms with E-state index in [1.165, 1.54) is 14.2 Å². The summed E-state index contributed by atoms with van der Waals surface area (Å²) < 4.78 is 21.9. The summed E-state index contributed by atoms with van der Waals surface area (Å²) in [7, 11) is 6.42. The summed E-state index contributed by atoms with van der Waals surface area (Å²) in [4.78, 5) is 22.2. The molecule has 0 bridgehead atoms. The third-order valence-corrected chi connectivity index (χ3v) is 5.57. The fraction of sp³-hybridized carbons (Fsp3) is 0.417. The number of ether oxygens (including phenoxy) is 4. The van der Waals surface area contributed by atoms with Crippen molar-refractivity contribution in [3.63, 3.8) is 0 Å². The maximum absolute atomic E-state index is 12.9. The molecule has 0 unspecified atom stereocenters. The molecule has 3 rings (SSSR count). The quantitative estimate of drug-likeness (QED) is 0.383. The summed E-state index contributed by atoms with van der Waals surface area (Å²) in [6, 6.07) is 7.17. The van der Waals surface area contributed by atoms with E-state index in [0.717, 1.165) is 5.56 Å². The molecule has 0 aliphatic rings. The number of methoxy groups -OCH3 is 3. The molecule has 0 atom stereocenters. The van der Waals surface area contributed by atoms with Crippen LogP contribution in [0.15, 0.2) is 29.1 Å². The monoisotopic (exact) mass is 473 g/mol. The van der Waals surface area contributed by atoms with Crippen LogP contribution in [-0.2, 0) is 6.54 Å². The van der Waals surface area contributed by atoms with E-state index in [4.69, 9.17) is 18.9 Å². The average Bonchev–Trinajstić information content (AvgIpc) is 2.84. The standard InChI is InChI=1S/C24H31N3O7/c1-14-21-17(9-20(32-4)22(14)33-5)25-24(26-23(21)30)27(2)10-15-6-7-18(31-3)19(8-15)34-13-16(11-28)12-29/h6-9,16,28-29H,10-13H2,1-5H3,(H,25,26,30). The lowest BCUT2D eigenvalue weighted by Crippen LogP contribution is -2.23. The molecule has 0 aliphatic carbocycles. The number of H-pyrrole nitrogens is 1. The lowest BCUT2D eigenvalue weighted by Gasteiger charge is -2.20. The van der Waals surface area contributed by atoms with Crippen LogP contribution in [0.1, 0.15) is 11.1 Å². The molecule has 10 heteroatoms. The predicted molar refractivity (Wildman–Crippen MR) is 128 cm³/mol. The van der Waals surface area contributed by atoms with Gasteiger partial charge in [0.05, 0.1) is 52.1 Å². The van der Waals surface area contributed by atoms with Gasteiger partial charge in [-0.1, -0.05) is 6.07 Å². The highest BCUT2D eigenvalue weighted by molar-refractivity contribution is 5.86. The summed E-state index contributed by atoms with van der Waals surface area (Å²) in [6.07, 6.45) is 0. The summed E-state index contributed by atoms with van der Waals surface area (Å²) in [5.41, 5.74) is 1.76. The first kappa shape index (κ1) is 25.1. The smallest absolute Gasteiger partial charge is 0.260 e. The van der Waals surface area contributed by atoms with E-state index in [2.05, 4.69) is 9.97 Å². The lowest BCUT2D eigenvalue weighted by molar-refractivity contribution is 0.105. The van der Waals surface area contributed by atoms with Crippen molar-refractivity contribution in [3.05, 3.63) is 45.7 Å². The number of nitrogens with zero attached hydrogens (tertiary/aromatic N) is 2. The summed E-state index contributed by atoms with van der Waals surface area (Å²) in [5, 5.41) is 19.0. The van der Waals surface area contributed by atoms with Crippen LogP contribution in [0.25, 0.3) is 10.9 Å². The van der Waals surface area contributed by atoms with Gasteiger partial charge in [-0.2, -0.15) is 0 Å². The van der Waals surface area contributed by atoms with Gasteiger partial charge in [0, 0.05) is 31.1 Å². The van der Waals surface area contributed by atoms with Crippen LogP contribution >= 0.6 is 0 Å². The number of benzene rings is 2. The zero-order valence-corrected chi connectivity index (χ0v) is 20.0. The second-order valence-corrected chi connectivity index (χ2v) is 7.90. The molecule has 184 valence electrons. The zero-order valence-electron chi connectivity index (χ0n) is 20.0. The number of fused-ring (bicyclic) bond motifs is 1. The minimum Gasteiger partial charge on any atom is -0.493 e. The van der Waals surface area contributed by atoms with Crippen LogP contribution in [0, 0.1) is 12.8 Å². The number of nitrogens with one attached hydrogen (secondary N) is 1. The number of hydrogen-bond acceptors (Lipinski definition) is 9. The molecule has 0 fully saturated rings. The number of aliphatic hydroxyl groups excluding tert-OH is 2. The third-order valence-electron chi connectivity index (χ3n) is 5.57. The van der Waals surface area contributed by atoms with Crippen molar-refractivity contribution in [1.82, 2.24) is 9.97 Å². The first-order chi connectivity index (χ1) is 16.4. The fourth-order valence-corrected chi connectivity index (χ4v) is 3.67. The van der Waals surface area contributed by atoms with Crippen LogP contribution in [0.2, 0.25) is 0 Å². The molecule has 0 saturated carbocycles. The Morgan fingerprint density at radius 3 is 2.35 bits per heavy atom.